The van der Waals surface area contributed by atoms with Crippen LogP contribution in [-0.4, -0.2) is 77.0 Å². The molecule has 3 aliphatic rings. The zero-order valence-electron chi connectivity index (χ0n) is 23.7. The molecule has 3 aliphatic heterocycles. The number of amides is 1. The van der Waals surface area contributed by atoms with Gasteiger partial charge in [0.2, 0.25) is 5.95 Å². The summed E-state index contributed by atoms with van der Waals surface area (Å²) in [5, 5.41) is 3.65. The van der Waals surface area contributed by atoms with Crippen LogP contribution in [0.25, 0.3) is 0 Å². The monoisotopic (exact) mass is 518 g/mol. The minimum Gasteiger partial charge on any atom is -0.356 e. The van der Waals surface area contributed by atoms with Crippen molar-refractivity contribution in [1.29, 1.82) is 0 Å². The number of carbonyl (C=O) groups is 1. The van der Waals surface area contributed by atoms with E-state index in [0.717, 1.165) is 75.9 Å². The highest BCUT2D eigenvalue weighted by molar-refractivity contribution is 5.94. The van der Waals surface area contributed by atoms with Crippen molar-refractivity contribution in [3.05, 3.63) is 47.7 Å². The Kier molecular flexibility index (Phi) is 8.51. The van der Waals surface area contributed by atoms with Crippen LogP contribution >= 0.6 is 0 Å². The third-order valence-electron chi connectivity index (χ3n) is 8.62. The molecule has 0 saturated carbocycles. The standard InChI is InChI=1S/C31H46N6O/c1-31(2,3)25-12-10-24(11-13-25)29(38)36-21-15-27(16-22-36)37-20-8-9-26(23-37)33-30-32-17-14-28(34-30)35-18-6-4-5-7-19-35/h10-14,17,26-27H,4-9,15-16,18-23H2,1-3H3,(H,32,33,34). The molecular formula is C31H46N6O. The molecule has 1 amide bonds. The average molecular weight is 519 g/mol. The summed E-state index contributed by atoms with van der Waals surface area (Å²) < 4.78 is 0. The summed E-state index contributed by atoms with van der Waals surface area (Å²) in [6, 6.07) is 11.2. The Morgan fingerprint density at radius 2 is 1.58 bits per heavy atom. The molecule has 2 aromatic rings. The maximum atomic E-state index is 13.1. The molecule has 5 rings (SSSR count). The lowest BCUT2D eigenvalue weighted by Crippen LogP contribution is -2.52. The number of nitrogens with zero attached hydrogens (tertiary/aromatic N) is 5. The molecule has 7 heteroatoms. The normalized spacial score (nSPS) is 22.2. The molecule has 1 atom stereocenters. The van der Waals surface area contributed by atoms with E-state index in [2.05, 4.69) is 59.1 Å². The second kappa shape index (κ2) is 12.0. The van der Waals surface area contributed by atoms with Gasteiger partial charge in [-0.3, -0.25) is 9.69 Å². The van der Waals surface area contributed by atoms with Crippen LogP contribution in [0.3, 0.4) is 0 Å². The lowest BCUT2D eigenvalue weighted by Gasteiger charge is -2.42. The minimum absolute atomic E-state index is 0.0999. The Hall–Kier alpha value is -2.67. The quantitative estimate of drug-likeness (QED) is 0.577. The fourth-order valence-corrected chi connectivity index (χ4v) is 6.26. The van der Waals surface area contributed by atoms with Crippen molar-refractivity contribution in [3.63, 3.8) is 0 Å². The molecule has 3 saturated heterocycles. The third-order valence-corrected chi connectivity index (χ3v) is 8.62. The molecule has 0 radical (unpaired) electrons. The predicted molar refractivity (Wildman–Crippen MR) is 155 cm³/mol. The van der Waals surface area contributed by atoms with E-state index in [1.54, 1.807) is 0 Å². The first kappa shape index (κ1) is 26.9. The molecule has 0 aliphatic carbocycles. The highest BCUT2D eigenvalue weighted by Gasteiger charge is 2.31. The predicted octanol–water partition coefficient (Wildman–Crippen LogP) is 5.34. The summed E-state index contributed by atoms with van der Waals surface area (Å²) in [4.78, 5) is 29.7. The van der Waals surface area contributed by atoms with E-state index in [9.17, 15) is 4.79 Å². The first-order valence-electron chi connectivity index (χ1n) is 14.9. The van der Waals surface area contributed by atoms with Gasteiger partial charge in [0.05, 0.1) is 0 Å². The molecule has 206 valence electrons. The number of piperidine rings is 2. The van der Waals surface area contributed by atoms with Gasteiger partial charge in [-0.25, -0.2) is 4.98 Å². The van der Waals surface area contributed by atoms with Crippen LogP contribution in [0.1, 0.15) is 88.1 Å². The van der Waals surface area contributed by atoms with Crippen molar-refractivity contribution in [2.24, 2.45) is 0 Å². The molecule has 7 nitrogen and oxygen atoms in total. The molecule has 1 aromatic carbocycles. The smallest absolute Gasteiger partial charge is 0.253 e. The van der Waals surface area contributed by atoms with Crippen molar-refractivity contribution in [2.45, 2.75) is 89.6 Å². The lowest BCUT2D eigenvalue weighted by molar-refractivity contribution is 0.0580. The van der Waals surface area contributed by atoms with Crippen LogP contribution in [0.5, 0.6) is 0 Å². The molecule has 1 N–H and O–H groups in total. The second-order valence-corrected chi connectivity index (χ2v) is 12.5. The summed E-state index contributed by atoms with van der Waals surface area (Å²) in [5.41, 5.74) is 2.17. The summed E-state index contributed by atoms with van der Waals surface area (Å²) in [5.74, 6) is 1.99. The van der Waals surface area contributed by atoms with Crippen LogP contribution in [-0.2, 0) is 5.41 Å². The summed E-state index contributed by atoms with van der Waals surface area (Å²) in [6.45, 7) is 12.6. The van der Waals surface area contributed by atoms with Gasteiger partial charge in [0.15, 0.2) is 0 Å². The first-order chi connectivity index (χ1) is 18.4. The van der Waals surface area contributed by atoms with E-state index in [1.165, 1.54) is 37.7 Å². The number of hydrogen-bond donors (Lipinski definition) is 1. The van der Waals surface area contributed by atoms with Crippen LogP contribution in [0, 0.1) is 0 Å². The van der Waals surface area contributed by atoms with Gasteiger partial charge in [-0.05, 0) is 74.2 Å². The number of benzene rings is 1. The molecule has 38 heavy (non-hydrogen) atoms. The number of rotatable bonds is 5. The number of likely N-dealkylation sites (tertiary alicyclic amines) is 2. The van der Waals surface area contributed by atoms with Crippen LogP contribution < -0.4 is 10.2 Å². The maximum Gasteiger partial charge on any atom is 0.253 e. The SMILES string of the molecule is CC(C)(C)c1ccc(C(=O)N2CCC(N3CCCC(Nc4nccc(N5CCCCCC5)n4)C3)CC2)cc1. The molecule has 1 aromatic heterocycles. The Morgan fingerprint density at radius 3 is 2.26 bits per heavy atom. The van der Waals surface area contributed by atoms with Gasteiger partial charge in [-0.2, -0.15) is 4.98 Å². The Labute approximate surface area is 229 Å². The highest BCUT2D eigenvalue weighted by Crippen LogP contribution is 2.26. The Balaban J connectivity index is 1.12. The van der Waals surface area contributed by atoms with Crippen LogP contribution in [0.15, 0.2) is 36.5 Å². The van der Waals surface area contributed by atoms with E-state index < -0.39 is 0 Å². The number of nitrogens with one attached hydrogen (secondary N) is 1. The van der Waals surface area contributed by atoms with Crippen molar-refractivity contribution in [3.8, 4) is 0 Å². The van der Waals surface area contributed by atoms with Gasteiger partial charge in [0, 0.05) is 56.6 Å². The van der Waals surface area contributed by atoms with Gasteiger partial charge in [-0.1, -0.05) is 45.7 Å². The molecule has 4 heterocycles. The van der Waals surface area contributed by atoms with E-state index in [-0.39, 0.29) is 11.3 Å². The summed E-state index contributed by atoms with van der Waals surface area (Å²) >= 11 is 0. The van der Waals surface area contributed by atoms with Crippen molar-refractivity contribution < 1.29 is 4.79 Å². The molecule has 0 bridgehead atoms. The van der Waals surface area contributed by atoms with Gasteiger partial charge >= 0.3 is 0 Å². The van der Waals surface area contributed by atoms with Crippen molar-refractivity contribution in [1.82, 2.24) is 19.8 Å². The molecule has 0 spiro atoms. The fraction of sp³-hybridized carbons (Fsp3) is 0.645. The first-order valence-corrected chi connectivity index (χ1v) is 14.9. The Morgan fingerprint density at radius 1 is 0.868 bits per heavy atom. The third kappa shape index (κ3) is 6.66. The topological polar surface area (TPSA) is 64.6 Å². The Bertz CT molecular complexity index is 1050. The molecule has 3 fully saturated rings. The van der Waals surface area contributed by atoms with Crippen molar-refractivity contribution >= 4 is 17.7 Å². The number of anilines is 2. The maximum absolute atomic E-state index is 13.1. The van der Waals surface area contributed by atoms with E-state index in [1.807, 2.05) is 23.2 Å². The van der Waals surface area contributed by atoms with Gasteiger partial charge in [0.1, 0.15) is 5.82 Å². The van der Waals surface area contributed by atoms with Crippen LogP contribution in [0.2, 0.25) is 0 Å². The summed E-state index contributed by atoms with van der Waals surface area (Å²) in [7, 11) is 0. The average Bonchev–Trinajstić information content (AvgIpc) is 3.23. The van der Waals surface area contributed by atoms with E-state index in [0.29, 0.717) is 12.1 Å². The minimum atomic E-state index is 0.0999. The number of aromatic nitrogens is 2. The molecule has 1 unspecified atom stereocenters. The fourth-order valence-electron chi connectivity index (χ4n) is 6.26. The van der Waals surface area contributed by atoms with E-state index in [4.69, 9.17) is 4.98 Å². The largest absolute Gasteiger partial charge is 0.356 e. The lowest BCUT2D eigenvalue weighted by atomic mass is 9.86. The number of hydrogen-bond acceptors (Lipinski definition) is 6. The number of carbonyl (C=O) groups excluding carboxylic acids is 1. The van der Waals surface area contributed by atoms with Crippen molar-refractivity contribution in [2.75, 3.05) is 49.5 Å². The zero-order valence-corrected chi connectivity index (χ0v) is 23.7. The van der Waals surface area contributed by atoms with Gasteiger partial charge in [0.25, 0.3) is 5.91 Å². The zero-order chi connectivity index (χ0) is 26.5. The van der Waals surface area contributed by atoms with Crippen LogP contribution in [0.4, 0.5) is 11.8 Å². The highest BCUT2D eigenvalue weighted by atomic mass is 16.2. The van der Waals surface area contributed by atoms with E-state index >= 15 is 0 Å². The van der Waals surface area contributed by atoms with Gasteiger partial charge < -0.3 is 15.1 Å². The second-order valence-electron chi connectivity index (χ2n) is 12.5. The molecular weight excluding hydrogens is 472 g/mol. The summed E-state index contributed by atoms with van der Waals surface area (Å²) in [6.07, 6.45) is 11.5. The van der Waals surface area contributed by atoms with Gasteiger partial charge in [-0.15, -0.1) is 0 Å².